The summed E-state index contributed by atoms with van der Waals surface area (Å²) in [5.74, 6) is 2.20. The number of nitrogens with zero attached hydrogens (tertiary/aromatic N) is 2. The van der Waals surface area contributed by atoms with Crippen LogP contribution in [0.1, 0.15) is 32.6 Å². The van der Waals surface area contributed by atoms with Crippen molar-refractivity contribution in [2.24, 2.45) is 4.99 Å². The number of anilines is 1. The molecule has 2 heterocycles. The van der Waals surface area contributed by atoms with Crippen LogP contribution in [0.2, 0.25) is 0 Å². The van der Waals surface area contributed by atoms with Crippen LogP contribution in [0, 0.1) is 0 Å². The maximum atomic E-state index is 5.65. The van der Waals surface area contributed by atoms with Gasteiger partial charge in [-0.2, -0.15) is 0 Å². The smallest absolute Gasteiger partial charge is 0.195 e. The zero-order valence-electron chi connectivity index (χ0n) is 17.4. The first kappa shape index (κ1) is 20.7. The number of aliphatic imine (C=N–C) groups is 1. The van der Waals surface area contributed by atoms with E-state index in [0.29, 0.717) is 11.5 Å². The van der Waals surface area contributed by atoms with Gasteiger partial charge in [-0.25, -0.2) is 0 Å². The van der Waals surface area contributed by atoms with Crippen molar-refractivity contribution in [3.8, 4) is 11.5 Å². The van der Waals surface area contributed by atoms with Crippen LogP contribution in [0.4, 0.5) is 5.69 Å². The van der Waals surface area contributed by atoms with E-state index in [-0.39, 0.29) is 5.54 Å². The lowest BCUT2D eigenvalue weighted by atomic mass is 9.88. The van der Waals surface area contributed by atoms with Crippen LogP contribution in [0.15, 0.2) is 23.2 Å². The fraction of sp³-hybridized carbons (Fsp3) is 0.667. The molecular weight excluding hydrogens is 356 g/mol. The second kappa shape index (κ2) is 9.98. The maximum Gasteiger partial charge on any atom is 0.195 e. The van der Waals surface area contributed by atoms with Crippen LogP contribution in [0.25, 0.3) is 0 Å². The Morgan fingerprint density at radius 2 is 1.86 bits per heavy atom. The molecule has 7 nitrogen and oxygen atoms in total. The molecule has 0 spiro atoms. The molecule has 2 aliphatic heterocycles. The van der Waals surface area contributed by atoms with Crippen molar-refractivity contribution in [2.75, 3.05) is 58.9 Å². The predicted molar refractivity (Wildman–Crippen MR) is 113 cm³/mol. The zero-order valence-corrected chi connectivity index (χ0v) is 17.4. The summed E-state index contributed by atoms with van der Waals surface area (Å²) in [4.78, 5) is 7.61. The largest absolute Gasteiger partial charge is 0.493 e. The van der Waals surface area contributed by atoms with Gasteiger partial charge in [0.15, 0.2) is 17.5 Å². The molecule has 28 heavy (non-hydrogen) atoms. The van der Waals surface area contributed by atoms with Crippen molar-refractivity contribution in [3.05, 3.63) is 18.2 Å². The number of benzene rings is 1. The highest BCUT2D eigenvalue weighted by atomic mass is 16.5. The average molecular weight is 391 g/mol. The third kappa shape index (κ3) is 4.89. The molecule has 0 bridgehead atoms. The van der Waals surface area contributed by atoms with Crippen molar-refractivity contribution >= 4 is 11.6 Å². The minimum Gasteiger partial charge on any atom is -0.493 e. The van der Waals surface area contributed by atoms with E-state index in [2.05, 4.69) is 22.5 Å². The van der Waals surface area contributed by atoms with Crippen LogP contribution in [0.5, 0.6) is 11.5 Å². The van der Waals surface area contributed by atoms with Crippen LogP contribution < -0.4 is 20.1 Å². The number of guanidine groups is 1. The number of hydrogen-bond acceptors (Lipinski definition) is 5. The van der Waals surface area contributed by atoms with E-state index in [9.17, 15) is 0 Å². The molecule has 1 aromatic rings. The van der Waals surface area contributed by atoms with E-state index in [1.165, 1.54) is 25.9 Å². The second-order valence-corrected chi connectivity index (χ2v) is 7.42. The Kier molecular flexibility index (Phi) is 7.39. The molecule has 2 aliphatic rings. The van der Waals surface area contributed by atoms with Gasteiger partial charge in [-0.1, -0.05) is 0 Å². The van der Waals surface area contributed by atoms with Crippen LogP contribution >= 0.6 is 0 Å². The third-order valence-electron chi connectivity index (χ3n) is 5.72. The van der Waals surface area contributed by atoms with Gasteiger partial charge in [0.25, 0.3) is 0 Å². The second-order valence-electron chi connectivity index (χ2n) is 7.42. The highest BCUT2D eigenvalue weighted by Crippen LogP contribution is 2.32. The molecule has 7 heteroatoms. The van der Waals surface area contributed by atoms with Gasteiger partial charge in [0.1, 0.15) is 0 Å². The highest BCUT2D eigenvalue weighted by molar-refractivity contribution is 5.94. The van der Waals surface area contributed by atoms with Gasteiger partial charge in [0, 0.05) is 37.1 Å². The lowest BCUT2D eigenvalue weighted by molar-refractivity contribution is -0.0138. The monoisotopic (exact) mass is 390 g/mol. The molecule has 2 N–H and O–H groups in total. The van der Waals surface area contributed by atoms with Gasteiger partial charge in [-0.15, -0.1) is 0 Å². The normalized spacial score (nSPS) is 20.0. The van der Waals surface area contributed by atoms with E-state index in [1.807, 2.05) is 18.2 Å². The topological polar surface area (TPSA) is 67.4 Å². The Hall–Kier alpha value is -1.99. The lowest BCUT2D eigenvalue weighted by Crippen LogP contribution is -2.53. The molecule has 1 aromatic carbocycles. The molecule has 0 aromatic heterocycles. The minimum absolute atomic E-state index is 0.120. The van der Waals surface area contributed by atoms with Gasteiger partial charge < -0.3 is 24.8 Å². The van der Waals surface area contributed by atoms with Crippen LogP contribution in [0.3, 0.4) is 0 Å². The van der Waals surface area contributed by atoms with Gasteiger partial charge in [-0.3, -0.25) is 9.89 Å². The Labute approximate surface area is 168 Å². The average Bonchev–Trinajstić information content (AvgIpc) is 3.28. The molecule has 0 saturated carbocycles. The van der Waals surface area contributed by atoms with Gasteiger partial charge in [0.2, 0.25) is 0 Å². The van der Waals surface area contributed by atoms with E-state index < -0.39 is 0 Å². The summed E-state index contributed by atoms with van der Waals surface area (Å²) < 4.78 is 16.4. The highest BCUT2D eigenvalue weighted by Gasteiger charge is 2.39. The standard InChI is InChI=1S/C21H34N4O3/c1-4-22-20(24-17-7-8-18(26-2)19(15-17)27-3)23-16-21(9-13-28-14-10-21)25-11-5-6-12-25/h7-8,15H,4-6,9-14,16H2,1-3H3,(H2,22,23,24). The van der Waals surface area contributed by atoms with Gasteiger partial charge >= 0.3 is 0 Å². The third-order valence-corrected chi connectivity index (χ3v) is 5.72. The van der Waals surface area contributed by atoms with Gasteiger partial charge in [0.05, 0.1) is 20.8 Å². The van der Waals surface area contributed by atoms with E-state index in [1.54, 1.807) is 14.2 Å². The molecular formula is C21H34N4O3. The van der Waals surface area contributed by atoms with Crippen molar-refractivity contribution in [3.63, 3.8) is 0 Å². The van der Waals surface area contributed by atoms with Crippen molar-refractivity contribution in [1.82, 2.24) is 10.2 Å². The Bertz CT molecular complexity index is 653. The number of likely N-dealkylation sites (tertiary alicyclic amines) is 1. The SMILES string of the molecule is CCNC(=NCC1(N2CCCC2)CCOCC1)Nc1ccc(OC)c(OC)c1. The predicted octanol–water partition coefficient (Wildman–Crippen LogP) is 2.73. The molecule has 2 saturated heterocycles. The molecule has 0 amide bonds. The fourth-order valence-corrected chi connectivity index (χ4v) is 4.10. The van der Waals surface area contributed by atoms with Crippen molar-refractivity contribution in [2.45, 2.75) is 38.1 Å². The Balaban J connectivity index is 1.75. The maximum absolute atomic E-state index is 5.65. The van der Waals surface area contributed by atoms with Crippen LogP contribution in [-0.2, 0) is 4.74 Å². The number of ether oxygens (including phenoxy) is 3. The summed E-state index contributed by atoms with van der Waals surface area (Å²) in [5.41, 5.74) is 1.04. The first-order valence-corrected chi connectivity index (χ1v) is 10.3. The molecule has 0 aliphatic carbocycles. The lowest BCUT2D eigenvalue weighted by Gasteiger charge is -2.43. The molecule has 2 fully saturated rings. The summed E-state index contributed by atoms with van der Waals surface area (Å²) >= 11 is 0. The first-order valence-electron chi connectivity index (χ1n) is 10.3. The van der Waals surface area contributed by atoms with Crippen LogP contribution in [-0.4, -0.2) is 70.0 Å². The molecule has 156 valence electrons. The molecule has 0 unspecified atom stereocenters. The Morgan fingerprint density at radius 1 is 1.14 bits per heavy atom. The van der Waals surface area contributed by atoms with Crippen molar-refractivity contribution < 1.29 is 14.2 Å². The number of nitrogens with one attached hydrogen (secondary N) is 2. The summed E-state index contributed by atoms with van der Waals surface area (Å²) in [5, 5.41) is 6.77. The van der Waals surface area contributed by atoms with E-state index in [0.717, 1.165) is 50.8 Å². The summed E-state index contributed by atoms with van der Waals surface area (Å²) in [6.45, 7) is 7.66. The zero-order chi connectivity index (χ0) is 19.8. The van der Waals surface area contributed by atoms with E-state index in [4.69, 9.17) is 19.2 Å². The molecule has 3 rings (SSSR count). The van der Waals surface area contributed by atoms with Crippen molar-refractivity contribution in [1.29, 1.82) is 0 Å². The Morgan fingerprint density at radius 3 is 2.50 bits per heavy atom. The fourth-order valence-electron chi connectivity index (χ4n) is 4.10. The molecule has 0 radical (unpaired) electrons. The minimum atomic E-state index is 0.120. The number of rotatable bonds is 7. The summed E-state index contributed by atoms with van der Waals surface area (Å²) in [6.07, 6.45) is 4.67. The summed E-state index contributed by atoms with van der Waals surface area (Å²) in [6, 6.07) is 5.80. The van der Waals surface area contributed by atoms with Gasteiger partial charge in [-0.05, 0) is 57.8 Å². The van der Waals surface area contributed by atoms with E-state index >= 15 is 0 Å². The quantitative estimate of drug-likeness (QED) is 0.551. The number of methoxy groups -OCH3 is 2. The summed E-state index contributed by atoms with van der Waals surface area (Å²) in [7, 11) is 3.29. The molecule has 0 atom stereocenters. The number of hydrogen-bond donors (Lipinski definition) is 2. The first-order chi connectivity index (χ1) is 13.7.